The molecule has 0 saturated heterocycles. The Labute approximate surface area is 213 Å². The average Bonchev–Trinajstić information content (AvgIpc) is 2.88. The van der Waals surface area contributed by atoms with Crippen LogP contribution in [-0.4, -0.2) is 21.9 Å². The maximum absolute atomic E-state index is 13.0. The van der Waals surface area contributed by atoms with Crippen molar-refractivity contribution in [2.75, 3.05) is 0 Å². The van der Waals surface area contributed by atoms with Gasteiger partial charge in [0, 0.05) is 21.0 Å². The highest BCUT2D eigenvalue weighted by Crippen LogP contribution is 2.25. The van der Waals surface area contributed by atoms with Gasteiger partial charge in [0.15, 0.2) is 0 Å². The van der Waals surface area contributed by atoms with Crippen LogP contribution in [0.3, 0.4) is 0 Å². The standard InChI is InChI=1S/C26H16Cl2N4O4/c27-17-7-5-15(6-8-17)24-19-3-1-2-4-20(19)26(35)32(31-24)13-23(33)30-29-12-16-14-36-22-10-9-18(28)11-21(22)25(16)34/h1-12,14H,13H2,(H,30,33)/b29-12+. The van der Waals surface area contributed by atoms with Crippen LogP contribution in [0.15, 0.2) is 92.1 Å². The van der Waals surface area contributed by atoms with Crippen molar-refractivity contribution in [2.45, 2.75) is 6.54 Å². The molecule has 0 aliphatic carbocycles. The van der Waals surface area contributed by atoms with E-state index in [-0.39, 0.29) is 17.5 Å². The molecule has 2 heterocycles. The normalized spacial score (nSPS) is 11.4. The zero-order valence-corrected chi connectivity index (χ0v) is 20.0. The van der Waals surface area contributed by atoms with E-state index < -0.39 is 11.5 Å². The number of amides is 1. The minimum absolute atomic E-state index is 0.121. The van der Waals surface area contributed by atoms with Crippen molar-refractivity contribution < 1.29 is 9.21 Å². The Balaban J connectivity index is 1.41. The molecule has 5 rings (SSSR count). The molecule has 1 amide bonds. The molecule has 8 nitrogen and oxygen atoms in total. The predicted octanol–water partition coefficient (Wildman–Crippen LogP) is 4.63. The van der Waals surface area contributed by atoms with Crippen LogP contribution in [0.25, 0.3) is 33.0 Å². The summed E-state index contributed by atoms with van der Waals surface area (Å²) in [4.78, 5) is 38.2. The Kier molecular flexibility index (Phi) is 6.37. The molecule has 1 N–H and O–H groups in total. The van der Waals surface area contributed by atoms with Crippen molar-refractivity contribution in [3.63, 3.8) is 0 Å². The second-order valence-corrected chi connectivity index (χ2v) is 8.69. The van der Waals surface area contributed by atoms with Crippen LogP contribution >= 0.6 is 23.2 Å². The highest BCUT2D eigenvalue weighted by atomic mass is 35.5. The first kappa shape index (κ1) is 23.5. The summed E-state index contributed by atoms with van der Waals surface area (Å²) < 4.78 is 6.50. The molecule has 2 aromatic heterocycles. The molecule has 0 aliphatic heterocycles. The number of hydrogen-bond acceptors (Lipinski definition) is 6. The van der Waals surface area contributed by atoms with E-state index in [0.29, 0.717) is 37.5 Å². The summed E-state index contributed by atoms with van der Waals surface area (Å²) in [5, 5.41) is 10.6. The number of carbonyl (C=O) groups is 1. The zero-order chi connectivity index (χ0) is 25.2. The molecular formula is C26H16Cl2N4O4. The summed E-state index contributed by atoms with van der Waals surface area (Å²) >= 11 is 12.0. The lowest BCUT2D eigenvalue weighted by Gasteiger charge is -2.11. The molecule has 0 unspecified atom stereocenters. The van der Waals surface area contributed by atoms with Crippen LogP contribution < -0.4 is 16.4 Å². The lowest BCUT2D eigenvalue weighted by atomic mass is 10.1. The van der Waals surface area contributed by atoms with Crippen LogP contribution in [0.4, 0.5) is 0 Å². The van der Waals surface area contributed by atoms with Gasteiger partial charge in [-0.05, 0) is 36.4 Å². The van der Waals surface area contributed by atoms with Gasteiger partial charge in [-0.25, -0.2) is 10.1 Å². The molecular weight excluding hydrogens is 503 g/mol. The van der Waals surface area contributed by atoms with Gasteiger partial charge >= 0.3 is 0 Å². The molecule has 0 radical (unpaired) electrons. The van der Waals surface area contributed by atoms with Crippen molar-refractivity contribution in [3.8, 4) is 11.3 Å². The van der Waals surface area contributed by atoms with Gasteiger partial charge in [-0.3, -0.25) is 14.4 Å². The van der Waals surface area contributed by atoms with Gasteiger partial charge in [-0.15, -0.1) is 0 Å². The summed E-state index contributed by atoms with van der Waals surface area (Å²) in [5.41, 5.74) is 3.32. The molecule has 0 aliphatic rings. The molecule has 0 atom stereocenters. The maximum atomic E-state index is 13.0. The number of rotatable bonds is 5. The van der Waals surface area contributed by atoms with Crippen molar-refractivity contribution >= 4 is 57.1 Å². The van der Waals surface area contributed by atoms with Crippen LogP contribution in [0.2, 0.25) is 10.0 Å². The van der Waals surface area contributed by atoms with E-state index in [4.69, 9.17) is 27.6 Å². The number of hydrogen-bond donors (Lipinski definition) is 1. The third kappa shape index (κ3) is 4.64. The topological polar surface area (TPSA) is 107 Å². The fraction of sp³-hybridized carbons (Fsp3) is 0.0385. The molecule has 36 heavy (non-hydrogen) atoms. The largest absolute Gasteiger partial charge is 0.463 e. The second-order valence-electron chi connectivity index (χ2n) is 7.82. The zero-order valence-electron chi connectivity index (χ0n) is 18.4. The fourth-order valence-electron chi connectivity index (χ4n) is 3.72. The van der Waals surface area contributed by atoms with Gasteiger partial charge in [0.25, 0.3) is 11.5 Å². The predicted molar refractivity (Wildman–Crippen MR) is 140 cm³/mol. The van der Waals surface area contributed by atoms with Gasteiger partial charge in [0.2, 0.25) is 5.43 Å². The summed E-state index contributed by atoms with van der Waals surface area (Å²) in [6.45, 7) is -0.385. The van der Waals surface area contributed by atoms with E-state index in [1.807, 2.05) is 6.07 Å². The van der Waals surface area contributed by atoms with E-state index in [1.165, 1.54) is 18.5 Å². The number of halogens is 2. The number of hydrazone groups is 1. The second kappa shape index (κ2) is 9.77. The number of nitrogens with one attached hydrogen (secondary N) is 1. The minimum Gasteiger partial charge on any atom is -0.463 e. The molecule has 178 valence electrons. The fourth-order valence-corrected chi connectivity index (χ4v) is 4.01. The lowest BCUT2D eigenvalue weighted by Crippen LogP contribution is -2.32. The highest BCUT2D eigenvalue weighted by molar-refractivity contribution is 6.31. The Morgan fingerprint density at radius 1 is 0.972 bits per heavy atom. The summed E-state index contributed by atoms with van der Waals surface area (Å²) in [5.74, 6) is -0.605. The smallest absolute Gasteiger partial charge is 0.275 e. The SMILES string of the molecule is O=C(Cn1nc(-c2ccc(Cl)cc2)c2ccccc2c1=O)N/N=C/c1coc2ccc(Cl)cc2c1=O. The summed E-state index contributed by atoms with van der Waals surface area (Å²) in [6.07, 6.45) is 2.40. The number of aromatic nitrogens is 2. The number of benzene rings is 3. The van der Waals surface area contributed by atoms with Crippen molar-refractivity contribution in [1.29, 1.82) is 0 Å². The first-order valence-corrected chi connectivity index (χ1v) is 11.4. The van der Waals surface area contributed by atoms with Crippen LogP contribution in [-0.2, 0) is 11.3 Å². The Morgan fingerprint density at radius 2 is 1.69 bits per heavy atom. The van der Waals surface area contributed by atoms with Gasteiger partial charge in [0.05, 0.1) is 28.2 Å². The van der Waals surface area contributed by atoms with E-state index >= 15 is 0 Å². The third-order valence-electron chi connectivity index (χ3n) is 5.43. The molecule has 3 aromatic carbocycles. The van der Waals surface area contributed by atoms with Gasteiger partial charge < -0.3 is 4.42 Å². The first-order valence-electron chi connectivity index (χ1n) is 10.7. The van der Waals surface area contributed by atoms with Gasteiger partial charge in [-0.2, -0.15) is 10.2 Å². The van der Waals surface area contributed by atoms with Crippen molar-refractivity contribution in [3.05, 3.63) is 109 Å². The molecule has 0 spiro atoms. The van der Waals surface area contributed by atoms with Crippen molar-refractivity contribution in [1.82, 2.24) is 15.2 Å². The average molecular weight is 519 g/mol. The highest BCUT2D eigenvalue weighted by Gasteiger charge is 2.14. The molecule has 10 heteroatoms. The molecule has 0 bridgehead atoms. The number of nitrogens with zero attached hydrogens (tertiary/aromatic N) is 3. The van der Waals surface area contributed by atoms with Crippen molar-refractivity contribution in [2.24, 2.45) is 5.10 Å². The van der Waals surface area contributed by atoms with Crippen LogP contribution in [0.5, 0.6) is 0 Å². The van der Waals surface area contributed by atoms with E-state index in [9.17, 15) is 14.4 Å². The minimum atomic E-state index is -0.605. The van der Waals surface area contributed by atoms with Crippen LogP contribution in [0.1, 0.15) is 5.56 Å². The third-order valence-corrected chi connectivity index (χ3v) is 5.92. The quantitative estimate of drug-likeness (QED) is 0.269. The Morgan fingerprint density at radius 3 is 2.47 bits per heavy atom. The van der Waals surface area contributed by atoms with Gasteiger partial charge in [0.1, 0.15) is 18.4 Å². The first-order chi connectivity index (χ1) is 17.4. The van der Waals surface area contributed by atoms with Gasteiger partial charge in [-0.1, -0.05) is 53.5 Å². The number of fused-ring (bicyclic) bond motifs is 2. The monoisotopic (exact) mass is 518 g/mol. The van der Waals surface area contributed by atoms with E-state index in [2.05, 4.69) is 15.6 Å². The summed E-state index contributed by atoms with van der Waals surface area (Å²) in [6, 6.07) is 18.8. The lowest BCUT2D eigenvalue weighted by molar-refractivity contribution is -0.121. The molecule has 5 aromatic rings. The molecule has 0 saturated carbocycles. The summed E-state index contributed by atoms with van der Waals surface area (Å²) in [7, 11) is 0. The van der Waals surface area contributed by atoms with E-state index in [0.717, 1.165) is 10.2 Å². The Bertz CT molecular complexity index is 1780. The number of carbonyl (C=O) groups excluding carboxylic acids is 1. The van der Waals surface area contributed by atoms with E-state index in [1.54, 1.807) is 54.6 Å². The van der Waals surface area contributed by atoms with Crippen LogP contribution in [0, 0.1) is 0 Å². The Hall–Kier alpha value is -4.27. The molecule has 0 fully saturated rings. The maximum Gasteiger partial charge on any atom is 0.275 e.